The summed E-state index contributed by atoms with van der Waals surface area (Å²) in [5.74, 6) is 2.54. The molecular formula is C55H38N6. The van der Waals surface area contributed by atoms with Crippen molar-refractivity contribution in [1.29, 1.82) is 0 Å². The molecule has 0 bridgehead atoms. The summed E-state index contributed by atoms with van der Waals surface area (Å²) in [6.07, 6.45) is 0. The van der Waals surface area contributed by atoms with Crippen molar-refractivity contribution >= 4 is 0 Å². The van der Waals surface area contributed by atoms with E-state index >= 15 is 0 Å². The van der Waals surface area contributed by atoms with Crippen LogP contribution in [0.1, 0.15) is 5.69 Å². The van der Waals surface area contributed by atoms with Gasteiger partial charge in [0, 0.05) is 44.6 Å². The molecule has 3 aromatic heterocycles. The maximum Gasteiger partial charge on any atom is 0.164 e. The molecule has 0 aliphatic carbocycles. The van der Waals surface area contributed by atoms with Crippen LogP contribution in [0.4, 0.5) is 0 Å². The first-order valence-electron chi connectivity index (χ1n) is 20.3. The Morgan fingerprint density at radius 3 is 1.23 bits per heavy atom. The third kappa shape index (κ3) is 7.86. The molecule has 7 aromatic carbocycles. The van der Waals surface area contributed by atoms with Crippen molar-refractivity contribution in [1.82, 2.24) is 29.9 Å². The Labute approximate surface area is 355 Å². The maximum absolute atomic E-state index is 5.24. The van der Waals surface area contributed by atoms with Crippen LogP contribution in [0.2, 0.25) is 0 Å². The van der Waals surface area contributed by atoms with Gasteiger partial charge in [-0.1, -0.05) is 188 Å². The fourth-order valence-corrected chi connectivity index (χ4v) is 7.62. The van der Waals surface area contributed by atoms with Gasteiger partial charge in [0.15, 0.2) is 23.3 Å². The summed E-state index contributed by atoms with van der Waals surface area (Å²) in [5.41, 5.74) is 14.6. The molecule has 0 spiro atoms. The number of nitrogens with zero attached hydrogens (tertiary/aromatic N) is 6. The molecule has 61 heavy (non-hydrogen) atoms. The normalized spacial score (nSPS) is 11.0. The molecular weight excluding hydrogens is 745 g/mol. The predicted molar refractivity (Wildman–Crippen MR) is 247 cm³/mol. The van der Waals surface area contributed by atoms with Gasteiger partial charge in [0.1, 0.15) is 0 Å². The Morgan fingerprint density at radius 2 is 0.672 bits per heavy atom. The van der Waals surface area contributed by atoms with E-state index in [1.165, 1.54) is 0 Å². The van der Waals surface area contributed by atoms with Crippen LogP contribution in [0.15, 0.2) is 212 Å². The highest BCUT2D eigenvalue weighted by molar-refractivity contribution is 5.94. The van der Waals surface area contributed by atoms with Crippen LogP contribution in [-0.2, 0) is 0 Å². The number of hydrogen-bond acceptors (Lipinski definition) is 6. The van der Waals surface area contributed by atoms with Gasteiger partial charge < -0.3 is 0 Å². The highest BCUT2D eigenvalue weighted by atomic mass is 15.0. The van der Waals surface area contributed by atoms with Crippen molar-refractivity contribution in [3.8, 4) is 102 Å². The number of rotatable bonds is 9. The standard InChI is InChI=1S/C55H38N6/c1-37-17-16-28-49(56-37)44-33-34-45(38-29-31-43(32-30-38)55-60-53(41-22-10-4-11-23-41)59-54(61-55)42-24-12-5-13-25-42)48(35-44)46-26-14-15-27-47(46)51-36-50(39-18-6-2-7-19-39)57-52(58-51)40-20-8-3-9-21-40/h2-36H,1H3. The van der Waals surface area contributed by atoms with Gasteiger partial charge >= 0.3 is 0 Å². The SMILES string of the molecule is Cc1cccc(-c2ccc(-c3ccc(-c4nc(-c5ccccc5)nc(-c5ccccc5)n4)cc3)c(-c3ccccc3-c3cc(-c4ccccc4)nc(-c4ccccc4)n3)c2)n1. The van der Waals surface area contributed by atoms with Crippen molar-refractivity contribution in [2.24, 2.45) is 0 Å². The molecule has 0 radical (unpaired) electrons. The van der Waals surface area contributed by atoms with E-state index in [0.717, 1.165) is 84.0 Å². The van der Waals surface area contributed by atoms with Crippen molar-refractivity contribution < 1.29 is 0 Å². The number of aryl methyl sites for hydroxylation is 1. The second-order valence-corrected chi connectivity index (χ2v) is 14.8. The summed E-state index contributed by atoms with van der Waals surface area (Å²) in [5, 5.41) is 0. The summed E-state index contributed by atoms with van der Waals surface area (Å²) >= 11 is 0. The lowest BCUT2D eigenvalue weighted by Gasteiger charge is -2.17. The molecule has 6 nitrogen and oxygen atoms in total. The molecule has 0 unspecified atom stereocenters. The molecule has 0 saturated carbocycles. The first kappa shape index (κ1) is 37.1. The number of pyridine rings is 1. The van der Waals surface area contributed by atoms with Crippen LogP contribution in [0.5, 0.6) is 0 Å². The van der Waals surface area contributed by atoms with Crippen molar-refractivity contribution in [3.05, 3.63) is 218 Å². The summed E-state index contributed by atoms with van der Waals surface area (Å²) in [7, 11) is 0. The molecule has 0 saturated heterocycles. The number of benzene rings is 7. The monoisotopic (exact) mass is 782 g/mol. The average Bonchev–Trinajstić information content (AvgIpc) is 3.34. The van der Waals surface area contributed by atoms with Gasteiger partial charge in [-0.3, -0.25) is 4.98 Å². The Balaban J connectivity index is 1.12. The second kappa shape index (κ2) is 16.6. The van der Waals surface area contributed by atoms with E-state index in [2.05, 4.69) is 109 Å². The molecule has 288 valence electrons. The third-order valence-electron chi connectivity index (χ3n) is 10.7. The largest absolute Gasteiger partial charge is 0.253 e. The van der Waals surface area contributed by atoms with E-state index in [-0.39, 0.29) is 0 Å². The third-order valence-corrected chi connectivity index (χ3v) is 10.7. The van der Waals surface area contributed by atoms with Crippen LogP contribution in [0.25, 0.3) is 102 Å². The lowest BCUT2D eigenvalue weighted by Crippen LogP contribution is -2.00. The first-order valence-corrected chi connectivity index (χ1v) is 20.3. The van der Waals surface area contributed by atoms with Gasteiger partial charge in [0.2, 0.25) is 0 Å². The van der Waals surface area contributed by atoms with Crippen molar-refractivity contribution in [3.63, 3.8) is 0 Å². The van der Waals surface area contributed by atoms with Crippen LogP contribution in [0.3, 0.4) is 0 Å². The van der Waals surface area contributed by atoms with Crippen LogP contribution in [0, 0.1) is 6.92 Å². The van der Waals surface area contributed by atoms with Crippen LogP contribution >= 0.6 is 0 Å². The van der Waals surface area contributed by atoms with E-state index in [0.29, 0.717) is 23.3 Å². The van der Waals surface area contributed by atoms with E-state index < -0.39 is 0 Å². The predicted octanol–water partition coefficient (Wildman–Crippen LogP) is 13.4. The summed E-state index contributed by atoms with van der Waals surface area (Å²) in [6, 6.07) is 72.5. The highest BCUT2D eigenvalue weighted by Gasteiger charge is 2.19. The van der Waals surface area contributed by atoms with Gasteiger partial charge in [0.05, 0.1) is 17.1 Å². The molecule has 3 heterocycles. The molecule has 0 atom stereocenters. The molecule has 0 aliphatic heterocycles. The topological polar surface area (TPSA) is 77.3 Å². The minimum atomic E-state index is 0.609. The van der Waals surface area contributed by atoms with E-state index in [1.54, 1.807) is 0 Å². The van der Waals surface area contributed by atoms with Crippen LogP contribution < -0.4 is 0 Å². The quantitative estimate of drug-likeness (QED) is 0.145. The first-order chi connectivity index (χ1) is 30.1. The fourth-order valence-electron chi connectivity index (χ4n) is 7.62. The van der Waals surface area contributed by atoms with Gasteiger partial charge in [0.25, 0.3) is 0 Å². The van der Waals surface area contributed by atoms with Gasteiger partial charge in [-0.2, -0.15) is 0 Å². The molecule has 0 fully saturated rings. The lowest BCUT2D eigenvalue weighted by molar-refractivity contribution is 1.07. The zero-order valence-corrected chi connectivity index (χ0v) is 33.4. The van der Waals surface area contributed by atoms with Gasteiger partial charge in [-0.05, 0) is 53.4 Å². The zero-order valence-electron chi connectivity index (χ0n) is 33.4. The Bertz CT molecular complexity index is 3000. The minimum absolute atomic E-state index is 0.609. The smallest absolute Gasteiger partial charge is 0.164 e. The lowest BCUT2D eigenvalue weighted by atomic mass is 9.88. The van der Waals surface area contributed by atoms with E-state index in [4.69, 9.17) is 29.9 Å². The molecule has 6 heteroatoms. The Hall–Kier alpha value is -8.22. The fraction of sp³-hybridized carbons (Fsp3) is 0.0182. The van der Waals surface area contributed by atoms with Crippen molar-refractivity contribution in [2.45, 2.75) is 6.92 Å². The second-order valence-electron chi connectivity index (χ2n) is 14.8. The summed E-state index contributed by atoms with van der Waals surface area (Å²) < 4.78 is 0. The van der Waals surface area contributed by atoms with E-state index in [1.807, 2.05) is 110 Å². The Kier molecular flexibility index (Phi) is 10.1. The summed E-state index contributed by atoms with van der Waals surface area (Å²) in [6.45, 7) is 2.03. The van der Waals surface area contributed by atoms with Gasteiger partial charge in [-0.25, -0.2) is 24.9 Å². The maximum atomic E-state index is 5.24. The average molecular weight is 783 g/mol. The number of hydrogen-bond donors (Lipinski definition) is 0. The van der Waals surface area contributed by atoms with Crippen LogP contribution in [-0.4, -0.2) is 29.9 Å². The molecule has 0 N–H and O–H groups in total. The van der Waals surface area contributed by atoms with Crippen molar-refractivity contribution in [2.75, 3.05) is 0 Å². The summed E-state index contributed by atoms with van der Waals surface area (Å²) in [4.78, 5) is 30.1. The molecule has 0 aliphatic rings. The van der Waals surface area contributed by atoms with Gasteiger partial charge in [-0.15, -0.1) is 0 Å². The minimum Gasteiger partial charge on any atom is -0.253 e. The molecule has 10 aromatic rings. The molecule has 0 amide bonds. The van der Waals surface area contributed by atoms with E-state index in [9.17, 15) is 0 Å². The number of aromatic nitrogens is 6. The zero-order chi connectivity index (χ0) is 41.0. The molecule has 10 rings (SSSR count). The Morgan fingerprint density at radius 1 is 0.230 bits per heavy atom. The highest BCUT2D eigenvalue weighted by Crippen LogP contribution is 2.41.